The maximum absolute atomic E-state index is 6.51. The Kier molecular flexibility index (Phi) is 4.61. The van der Waals surface area contributed by atoms with E-state index in [1.54, 1.807) is 0 Å². The van der Waals surface area contributed by atoms with Gasteiger partial charge in [0, 0.05) is 0 Å². The Balaban J connectivity index is 1.51. The van der Waals surface area contributed by atoms with Crippen molar-refractivity contribution in [3.8, 4) is 0 Å². The van der Waals surface area contributed by atoms with Gasteiger partial charge in [0.25, 0.3) is 11.8 Å². The molecule has 3 heterocycles. The van der Waals surface area contributed by atoms with Crippen molar-refractivity contribution in [1.82, 2.24) is 9.80 Å². The molecule has 0 aromatic rings. The van der Waals surface area contributed by atoms with Crippen LogP contribution in [-0.2, 0) is 9.47 Å². The topological polar surface area (TPSA) is 24.9 Å². The SMILES string of the molecule is CC1CC[C@H](C(C)C)[C@]2(COC3=C4OC[C@@]5(C[C@H](C)CCC5C(C)C)N4CN32)C1. The van der Waals surface area contributed by atoms with Crippen LogP contribution in [0.25, 0.3) is 0 Å². The molecule has 0 aromatic carbocycles. The Morgan fingerprint density at radius 2 is 1.14 bits per heavy atom. The fourth-order valence-corrected chi connectivity index (χ4v) is 8.05. The van der Waals surface area contributed by atoms with Gasteiger partial charge in [0.1, 0.15) is 13.2 Å². The third-order valence-electron chi connectivity index (χ3n) is 9.28. The van der Waals surface area contributed by atoms with Crippen molar-refractivity contribution >= 4 is 0 Å². The van der Waals surface area contributed by atoms with Crippen molar-refractivity contribution < 1.29 is 9.47 Å². The third-order valence-corrected chi connectivity index (χ3v) is 9.28. The van der Waals surface area contributed by atoms with E-state index in [0.717, 1.165) is 43.5 Å². The van der Waals surface area contributed by atoms with Crippen LogP contribution in [0.5, 0.6) is 0 Å². The van der Waals surface area contributed by atoms with Crippen LogP contribution in [0.15, 0.2) is 11.8 Å². The van der Waals surface area contributed by atoms with Gasteiger partial charge in [0.05, 0.1) is 17.7 Å². The van der Waals surface area contributed by atoms with E-state index in [2.05, 4.69) is 51.3 Å². The van der Waals surface area contributed by atoms with Crippen LogP contribution in [-0.4, -0.2) is 40.8 Å². The second kappa shape index (κ2) is 6.72. The number of rotatable bonds is 2. The highest BCUT2D eigenvalue weighted by Gasteiger charge is 2.63. The van der Waals surface area contributed by atoms with Gasteiger partial charge in [0.2, 0.25) is 0 Å². The number of ether oxygens (including phenoxy) is 2. The van der Waals surface area contributed by atoms with Crippen molar-refractivity contribution in [2.75, 3.05) is 19.9 Å². The highest BCUT2D eigenvalue weighted by molar-refractivity contribution is 5.25. The molecule has 2 unspecified atom stereocenters. The van der Waals surface area contributed by atoms with Gasteiger partial charge in [-0.3, -0.25) is 0 Å². The second-order valence-corrected chi connectivity index (χ2v) is 11.9. The normalized spacial score (nSPS) is 44.1. The summed E-state index contributed by atoms with van der Waals surface area (Å²) in [6.45, 7) is 17.2. The van der Waals surface area contributed by atoms with Crippen LogP contribution < -0.4 is 0 Å². The van der Waals surface area contributed by atoms with Crippen LogP contribution in [0.3, 0.4) is 0 Å². The van der Waals surface area contributed by atoms with Crippen LogP contribution in [0, 0.1) is 35.5 Å². The standard InChI is InChI=1S/C25H42N2O2/c1-16(2)20-9-7-18(5)11-24(20)13-28-22-23-27(15-26(22)24)25(14-29-23)12-19(6)8-10-21(25)17(3)4/h16-21H,7-15H2,1-6H3/t18-,19?,20?,21-,24-,25-/m1/s1. The minimum atomic E-state index is 0.163. The third kappa shape index (κ3) is 2.69. The Bertz CT molecular complexity index is 632. The predicted molar refractivity (Wildman–Crippen MR) is 116 cm³/mol. The molecule has 4 heteroatoms. The molecule has 4 nitrogen and oxygen atoms in total. The first-order valence-electron chi connectivity index (χ1n) is 12.3. The van der Waals surface area contributed by atoms with Crippen molar-refractivity contribution in [1.29, 1.82) is 0 Å². The second-order valence-electron chi connectivity index (χ2n) is 11.9. The molecule has 4 fully saturated rings. The highest BCUT2D eigenvalue weighted by atomic mass is 16.6. The molecule has 29 heavy (non-hydrogen) atoms. The molecule has 2 saturated carbocycles. The first-order chi connectivity index (χ1) is 13.8. The number of hydrogen-bond acceptors (Lipinski definition) is 4. The summed E-state index contributed by atoms with van der Waals surface area (Å²) in [7, 11) is 0. The van der Waals surface area contributed by atoms with Gasteiger partial charge in [-0.05, 0) is 61.2 Å². The van der Waals surface area contributed by atoms with E-state index in [-0.39, 0.29) is 11.1 Å². The lowest BCUT2D eigenvalue weighted by atomic mass is 9.64. The molecular formula is C25H42N2O2. The summed E-state index contributed by atoms with van der Waals surface area (Å²) in [4.78, 5) is 5.33. The van der Waals surface area contributed by atoms with E-state index in [9.17, 15) is 0 Å². The van der Waals surface area contributed by atoms with E-state index in [1.807, 2.05) is 0 Å². The molecule has 0 amide bonds. The average molecular weight is 403 g/mol. The summed E-state index contributed by atoms with van der Waals surface area (Å²) < 4.78 is 13.0. The van der Waals surface area contributed by atoms with E-state index >= 15 is 0 Å². The van der Waals surface area contributed by atoms with Crippen molar-refractivity contribution in [3.05, 3.63) is 11.8 Å². The Hall–Kier alpha value is -1.06. The van der Waals surface area contributed by atoms with Crippen molar-refractivity contribution in [3.63, 3.8) is 0 Å². The summed E-state index contributed by atoms with van der Waals surface area (Å²) in [5.74, 6) is 6.50. The first-order valence-corrected chi connectivity index (χ1v) is 12.3. The number of nitrogens with zero attached hydrogens (tertiary/aromatic N) is 2. The van der Waals surface area contributed by atoms with Crippen LogP contribution in [0.2, 0.25) is 0 Å². The lowest BCUT2D eigenvalue weighted by Gasteiger charge is -2.52. The summed E-state index contributed by atoms with van der Waals surface area (Å²) >= 11 is 0. The molecule has 2 spiro atoms. The molecule has 5 aliphatic rings. The van der Waals surface area contributed by atoms with Crippen molar-refractivity contribution in [2.24, 2.45) is 35.5 Å². The maximum Gasteiger partial charge on any atom is 0.254 e. The first kappa shape index (κ1) is 19.9. The fraction of sp³-hybridized carbons (Fsp3) is 0.920. The van der Waals surface area contributed by atoms with Gasteiger partial charge in [-0.25, -0.2) is 0 Å². The van der Waals surface area contributed by atoms with Gasteiger partial charge in [-0.15, -0.1) is 0 Å². The smallest absolute Gasteiger partial charge is 0.254 e. The molecule has 0 N–H and O–H groups in total. The molecule has 6 atom stereocenters. The van der Waals surface area contributed by atoms with Crippen LogP contribution >= 0.6 is 0 Å². The van der Waals surface area contributed by atoms with E-state index in [4.69, 9.17) is 9.47 Å². The molecule has 5 rings (SSSR count). The van der Waals surface area contributed by atoms with Gasteiger partial charge in [-0.2, -0.15) is 0 Å². The summed E-state index contributed by atoms with van der Waals surface area (Å²) in [6.07, 6.45) is 7.91. The van der Waals surface area contributed by atoms with Gasteiger partial charge in [0.15, 0.2) is 0 Å². The summed E-state index contributed by atoms with van der Waals surface area (Å²) in [5.41, 5.74) is 0.327. The summed E-state index contributed by atoms with van der Waals surface area (Å²) in [6, 6.07) is 0. The quantitative estimate of drug-likeness (QED) is 0.616. The lowest BCUT2D eigenvalue weighted by molar-refractivity contribution is -0.0421. The Morgan fingerprint density at radius 1 is 0.724 bits per heavy atom. The Labute approximate surface area is 178 Å². The van der Waals surface area contributed by atoms with Gasteiger partial charge in [-0.1, -0.05) is 54.4 Å². The van der Waals surface area contributed by atoms with Crippen LogP contribution in [0.4, 0.5) is 0 Å². The summed E-state index contributed by atoms with van der Waals surface area (Å²) in [5, 5.41) is 0. The zero-order chi connectivity index (χ0) is 20.6. The zero-order valence-electron chi connectivity index (χ0n) is 19.5. The lowest BCUT2D eigenvalue weighted by Crippen LogP contribution is -2.60. The van der Waals surface area contributed by atoms with E-state index in [1.165, 1.54) is 38.5 Å². The monoisotopic (exact) mass is 402 g/mol. The molecule has 3 aliphatic heterocycles. The molecular weight excluding hydrogens is 360 g/mol. The molecule has 164 valence electrons. The van der Waals surface area contributed by atoms with E-state index < -0.39 is 0 Å². The average Bonchev–Trinajstić information content (AvgIpc) is 3.28. The minimum absolute atomic E-state index is 0.163. The number of fused-ring (bicyclic) bond motifs is 4. The van der Waals surface area contributed by atoms with Gasteiger partial charge >= 0.3 is 0 Å². The van der Waals surface area contributed by atoms with Crippen molar-refractivity contribution in [2.45, 2.75) is 91.1 Å². The molecule has 2 saturated heterocycles. The predicted octanol–water partition coefficient (Wildman–Crippen LogP) is 5.41. The van der Waals surface area contributed by atoms with E-state index in [0.29, 0.717) is 23.7 Å². The minimum Gasteiger partial charge on any atom is -0.473 e. The number of hydrogen-bond donors (Lipinski definition) is 0. The largest absolute Gasteiger partial charge is 0.473 e. The molecule has 0 aromatic heterocycles. The molecule has 0 radical (unpaired) electrons. The van der Waals surface area contributed by atoms with Crippen LogP contribution in [0.1, 0.15) is 80.1 Å². The molecule has 2 aliphatic carbocycles. The van der Waals surface area contributed by atoms with Gasteiger partial charge < -0.3 is 19.3 Å². The maximum atomic E-state index is 6.51. The zero-order valence-corrected chi connectivity index (χ0v) is 19.5. The molecule has 0 bridgehead atoms. The highest BCUT2D eigenvalue weighted by Crippen LogP contribution is 2.57. The fourth-order valence-electron chi connectivity index (χ4n) is 8.05. The Morgan fingerprint density at radius 3 is 1.52 bits per heavy atom.